The zero-order valence-corrected chi connectivity index (χ0v) is 7.64. The molecular weight excluding hydrogens is 199 g/mol. The van der Waals surface area contributed by atoms with E-state index in [2.05, 4.69) is 8.77 Å². The maximum absolute atomic E-state index is 10.4. The van der Waals surface area contributed by atoms with E-state index >= 15 is 0 Å². The van der Waals surface area contributed by atoms with Crippen molar-refractivity contribution in [1.82, 2.24) is 4.98 Å². The third kappa shape index (κ3) is 1.86. The van der Waals surface area contributed by atoms with Crippen LogP contribution in [0.25, 0.3) is 0 Å². The van der Waals surface area contributed by atoms with E-state index in [4.69, 9.17) is 11.6 Å². The molecule has 0 aliphatic carbocycles. The van der Waals surface area contributed by atoms with Gasteiger partial charge in [0.2, 0.25) is 0 Å². The van der Waals surface area contributed by atoms with E-state index in [1.54, 1.807) is 0 Å². The fourth-order valence-corrected chi connectivity index (χ4v) is 0.971. The predicted octanol–water partition coefficient (Wildman–Crippen LogP) is 1.11. The first-order chi connectivity index (χ1) is 5.65. The number of aromatic nitrogens is 1. The molecule has 0 saturated carbocycles. The minimum Gasteiger partial charge on any atom is -0.635 e. The summed E-state index contributed by atoms with van der Waals surface area (Å²) >= 11 is 7.37. The summed E-state index contributed by atoms with van der Waals surface area (Å²) in [6.07, 6.45) is 1.27. The van der Waals surface area contributed by atoms with Crippen LogP contribution in [0.5, 0.6) is 5.88 Å². The Hall–Kier alpha value is -0.828. The average molecular weight is 201 g/mol. The Labute approximate surface area is 81.2 Å². The largest absolute Gasteiger partial charge is 0.635 e. The normalized spacial score (nSPS) is 9.42. The third-order valence-electron chi connectivity index (χ3n) is 1.11. The zero-order valence-electron chi connectivity index (χ0n) is 5.73. The highest BCUT2D eigenvalue weighted by molar-refractivity contribution is 6.30. The monoisotopic (exact) mass is 200 g/mol. The maximum atomic E-state index is 10.4. The van der Waals surface area contributed by atoms with Crippen molar-refractivity contribution in [3.05, 3.63) is 27.4 Å². The minimum atomic E-state index is -0.613. The first-order valence-electron chi connectivity index (χ1n) is 2.82. The fraction of sp³-hybridized carbons (Fsp3) is 0. The topological polar surface area (TPSA) is 65.3 Å². The molecule has 7 heteroatoms. The Bertz CT molecular complexity index is 320. The molecule has 0 spiro atoms. The molecule has 0 unspecified atom stereocenters. The molecule has 5 nitrogen and oxygen atoms in total. The summed E-state index contributed by atoms with van der Waals surface area (Å²) in [5.74, 6) is -0.0746. The van der Waals surface area contributed by atoms with E-state index in [-0.39, 0.29) is 16.6 Å². The van der Waals surface area contributed by atoms with Crippen molar-refractivity contribution >= 4 is 33.9 Å². The molecule has 0 saturated heterocycles. The standard InChI is InChI=1S/C5H3ClN2O3.Al/c6-3-1-4(8(10)11)5(9)7-2-3;/h1-2H,(H,7,9);/q;+1/p-1. The van der Waals surface area contributed by atoms with Gasteiger partial charge in [-0.25, -0.2) is 4.98 Å². The van der Waals surface area contributed by atoms with Crippen LogP contribution in [0, 0.1) is 10.1 Å². The molecule has 2 radical (unpaired) electrons. The Balaban J connectivity index is 3.21. The number of halogens is 1. The van der Waals surface area contributed by atoms with Gasteiger partial charge < -0.3 is 3.79 Å². The highest BCUT2D eigenvalue weighted by Gasteiger charge is 2.14. The van der Waals surface area contributed by atoms with Crippen LogP contribution < -0.4 is 3.79 Å². The number of pyridine rings is 1. The molecule has 1 aromatic rings. The van der Waals surface area contributed by atoms with Crippen molar-refractivity contribution in [2.75, 3.05) is 0 Å². The highest BCUT2D eigenvalue weighted by Crippen LogP contribution is 2.26. The number of hydrogen-bond acceptors (Lipinski definition) is 4. The van der Waals surface area contributed by atoms with Gasteiger partial charge in [-0.3, -0.25) is 10.1 Å². The van der Waals surface area contributed by atoms with Crippen LogP contribution in [0.1, 0.15) is 0 Å². The predicted molar refractivity (Wildman–Crippen MR) is 42.3 cm³/mol. The SMILES string of the molecule is O=[N+]([O-])c1cc(Cl)cnc1[O][Al]. The second kappa shape index (κ2) is 3.72. The number of nitrogens with zero attached hydrogens (tertiary/aromatic N) is 2. The summed E-state index contributed by atoms with van der Waals surface area (Å²) in [7, 11) is 0. The van der Waals surface area contributed by atoms with Gasteiger partial charge in [-0.15, -0.1) is 0 Å². The van der Waals surface area contributed by atoms with Gasteiger partial charge in [0.05, 0.1) is 9.95 Å². The molecule has 0 aromatic carbocycles. The summed E-state index contributed by atoms with van der Waals surface area (Å²) < 4.78 is 4.57. The Morgan fingerprint density at radius 2 is 2.42 bits per heavy atom. The lowest BCUT2D eigenvalue weighted by molar-refractivity contribution is -0.385. The molecule has 0 N–H and O–H groups in total. The Kier molecular flexibility index (Phi) is 2.87. The number of rotatable bonds is 2. The lowest BCUT2D eigenvalue weighted by Crippen LogP contribution is -1.96. The molecular formula is C5H2AlClN2O3. The zero-order chi connectivity index (χ0) is 9.14. The van der Waals surface area contributed by atoms with Crippen LogP contribution in [-0.4, -0.2) is 26.5 Å². The lowest BCUT2D eigenvalue weighted by Gasteiger charge is -2.01. The lowest BCUT2D eigenvalue weighted by atomic mass is 10.4. The van der Waals surface area contributed by atoms with Gasteiger partial charge in [0, 0.05) is 12.3 Å². The molecule has 0 atom stereocenters. The quantitative estimate of drug-likeness (QED) is 0.407. The first kappa shape index (κ1) is 9.26. The van der Waals surface area contributed by atoms with Gasteiger partial charge in [-0.2, -0.15) is 0 Å². The van der Waals surface area contributed by atoms with Crippen LogP contribution in [0.4, 0.5) is 5.69 Å². The molecule has 1 rings (SSSR count). The number of nitro groups is 1. The molecule has 0 bridgehead atoms. The molecule has 0 aliphatic heterocycles. The van der Waals surface area contributed by atoms with E-state index < -0.39 is 4.92 Å². The second-order valence-electron chi connectivity index (χ2n) is 1.85. The Morgan fingerprint density at radius 3 is 2.92 bits per heavy atom. The van der Waals surface area contributed by atoms with Gasteiger partial charge in [-0.05, 0) is 0 Å². The maximum Gasteiger partial charge on any atom is 0.483 e. The highest BCUT2D eigenvalue weighted by atomic mass is 35.5. The van der Waals surface area contributed by atoms with Gasteiger partial charge in [0.15, 0.2) is 0 Å². The molecule has 1 aromatic heterocycles. The molecule has 0 amide bonds. The van der Waals surface area contributed by atoms with Gasteiger partial charge in [0.25, 0.3) is 5.88 Å². The van der Waals surface area contributed by atoms with E-state index in [0.29, 0.717) is 0 Å². The van der Waals surface area contributed by atoms with Crippen molar-refractivity contribution in [1.29, 1.82) is 0 Å². The summed E-state index contributed by atoms with van der Waals surface area (Å²) in [5.41, 5.74) is -0.252. The summed E-state index contributed by atoms with van der Waals surface area (Å²) in [4.78, 5) is 13.3. The van der Waals surface area contributed by atoms with Crippen LogP contribution in [0.2, 0.25) is 5.02 Å². The third-order valence-corrected chi connectivity index (χ3v) is 1.54. The summed E-state index contributed by atoms with van der Waals surface area (Å²) in [6.45, 7) is 0. The second-order valence-corrected chi connectivity index (χ2v) is 2.52. The van der Waals surface area contributed by atoms with E-state index in [9.17, 15) is 10.1 Å². The van der Waals surface area contributed by atoms with Crippen LogP contribution in [-0.2, 0) is 0 Å². The fourth-order valence-electron chi connectivity index (χ4n) is 0.638. The molecule has 0 fully saturated rings. The van der Waals surface area contributed by atoms with E-state index in [1.807, 2.05) is 16.6 Å². The van der Waals surface area contributed by atoms with Crippen LogP contribution in [0.15, 0.2) is 12.3 Å². The molecule has 0 aliphatic rings. The van der Waals surface area contributed by atoms with Crippen molar-refractivity contribution < 1.29 is 8.71 Å². The van der Waals surface area contributed by atoms with Gasteiger partial charge in [-0.1, -0.05) is 11.6 Å². The van der Waals surface area contributed by atoms with Crippen molar-refractivity contribution in [2.24, 2.45) is 0 Å². The van der Waals surface area contributed by atoms with Gasteiger partial charge in [0.1, 0.15) is 0 Å². The van der Waals surface area contributed by atoms with Crippen molar-refractivity contribution in [3.63, 3.8) is 0 Å². The van der Waals surface area contributed by atoms with Crippen LogP contribution >= 0.6 is 11.6 Å². The van der Waals surface area contributed by atoms with E-state index in [1.165, 1.54) is 12.3 Å². The minimum absolute atomic E-state index is 0.0746. The van der Waals surface area contributed by atoms with Crippen molar-refractivity contribution in [3.8, 4) is 5.88 Å². The van der Waals surface area contributed by atoms with Gasteiger partial charge >= 0.3 is 22.3 Å². The molecule has 1 heterocycles. The molecule has 12 heavy (non-hydrogen) atoms. The molecule has 60 valence electrons. The first-order valence-corrected chi connectivity index (χ1v) is 3.66. The summed E-state index contributed by atoms with van der Waals surface area (Å²) in [5, 5.41) is 10.6. The van der Waals surface area contributed by atoms with E-state index in [0.717, 1.165) is 0 Å². The Morgan fingerprint density at radius 1 is 1.75 bits per heavy atom. The number of hydrogen-bond donors (Lipinski definition) is 0. The summed E-state index contributed by atoms with van der Waals surface area (Å²) in [6, 6.07) is 1.17. The van der Waals surface area contributed by atoms with Crippen molar-refractivity contribution in [2.45, 2.75) is 0 Å². The smallest absolute Gasteiger partial charge is 0.483 e. The average Bonchev–Trinajstić information content (AvgIpc) is 2.04. The van der Waals surface area contributed by atoms with Crippen LogP contribution in [0.3, 0.4) is 0 Å².